The van der Waals surface area contributed by atoms with Crippen molar-refractivity contribution in [2.24, 2.45) is 11.8 Å². The highest BCUT2D eigenvalue weighted by molar-refractivity contribution is 5.81. The summed E-state index contributed by atoms with van der Waals surface area (Å²) in [5.41, 5.74) is 1.08. The van der Waals surface area contributed by atoms with Crippen LogP contribution in [0.1, 0.15) is 71.5 Å². The number of amides is 1. The van der Waals surface area contributed by atoms with Crippen molar-refractivity contribution in [3.05, 3.63) is 11.9 Å². The third kappa shape index (κ3) is 3.59. The molecule has 1 aliphatic heterocycles. The number of likely N-dealkylation sites (tertiary alicyclic amines) is 1. The molecule has 0 bridgehead atoms. The van der Waals surface area contributed by atoms with Gasteiger partial charge in [-0.15, -0.1) is 5.10 Å². The van der Waals surface area contributed by atoms with Crippen molar-refractivity contribution >= 4 is 5.91 Å². The zero-order valence-electron chi connectivity index (χ0n) is 15.0. The van der Waals surface area contributed by atoms with Crippen LogP contribution in [-0.4, -0.2) is 38.9 Å². The van der Waals surface area contributed by atoms with E-state index in [1.807, 2.05) is 4.68 Å². The van der Waals surface area contributed by atoms with Gasteiger partial charge in [-0.3, -0.25) is 4.79 Å². The first-order valence-corrected chi connectivity index (χ1v) is 9.11. The largest absolute Gasteiger partial charge is 0.342 e. The summed E-state index contributed by atoms with van der Waals surface area (Å²) < 4.78 is 2.01. The van der Waals surface area contributed by atoms with Gasteiger partial charge in [0, 0.05) is 30.6 Å². The number of hydrogen-bond donors (Lipinski definition) is 0. The summed E-state index contributed by atoms with van der Waals surface area (Å²) in [5.74, 6) is 1.39. The fraction of sp³-hybridized carbons (Fsp3) is 0.833. The van der Waals surface area contributed by atoms with Crippen molar-refractivity contribution in [1.29, 1.82) is 0 Å². The lowest BCUT2D eigenvalue weighted by atomic mass is 9.93. The highest BCUT2D eigenvalue weighted by Gasteiger charge is 2.44. The lowest BCUT2D eigenvalue weighted by Gasteiger charge is -2.32. The average molecular weight is 318 g/mol. The van der Waals surface area contributed by atoms with E-state index in [1.54, 1.807) is 0 Å². The molecule has 1 aromatic heterocycles. The summed E-state index contributed by atoms with van der Waals surface area (Å²) in [6.07, 6.45) is 7.58. The standard InChI is InChI=1S/C18H30N4O/c1-5-6-13-11-15(13)17(23)21-9-7-14(8-10-21)22-12-16(19-20-22)18(2,3)4/h12-15H,5-11H2,1-4H3/t13-,15+/m1/s1. The van der Waals surface area contributed by atoms with E-state index in [2.05, 4.69) is 49.1 Å². The van der Waals surface area contributed by atoms with Crippen LogP contribution in [0.5, 0.6) is 0 Å². The first kappa shape index (κ1) is 16.5. The monoisotopic (exact) mass is 318 g/mol. The van der Waals surface area contributed by atoms with E-state index in [9.17, 15) is 4.79 Å². The number of piperidine rings is 1. The molecular formula is C18H30N4O. The Kier molecular flexibility index (Phi) is 4.47. The minimum absolute atomic E-state index is 0.0369. The topological polar surface area (TPSA) is 51.0 Å². The van der Waals surface area contributed by atoms with Gasteiger partial charge in [0.15, 0.2) is 0 Å². The van der Waals surface area contributed by atoms with Gasteiger partial charge in [0.05, 0.1) is 11.7 Å². The predicted octanol–water partition coefficient (Wildman–Crippen LogP) is 3.18. The number of carbonyl (C=O) groups excluding carboxylic acids is 1. The Morgan fingerprint density at radius 2 is 2.00 bits per heavy atom. The normalized spacial score (nSPS) is 25.7. The molecule has 5 heteroatoms. The van der Waals surface area contributed by atoms with Crippen LogP contribution >= 0.6 is 0 Å². The predicted molar refractivity (Wildman–Crippen MR) is 90.1 cm³/mol. The van der Waals surface area contributed by atoms with E-state index in [0.29, 0.717) is 23.8 Å². The molecule has 1 aliphatic carbocycles. The Hall–Kier alpha value is -1.39. The zero-order chi connectivity index (χ0) is 16.6. The van der Waals surface area contributed by atoms with E-state index in [-0.39, 0.29) is 5.41 Å². The Morgan fingerprint density at radius 3 is 2.57 bits per heavy atom. The Labute approximate surface area is 139 Å². The summed E-state index contributed by atoms with van der Waals surface area (Å²) in [5, 5.41) is 8.64. The molecule has 2 fully saturated rings. The average Bonchev–Trinajstić information content (AvgIpc) is 3.09. The molecule has 2 aliphatic rings. The molecule has 0 N–H and O–H groups in total. The molecule has 23 heavy (non-hydrogen) atoms. The van der Waals surface area contributed by atoms with Gasteiger partial charge >= 0.3 is 0 Å². The molecule has 3 rings (SSSR count). The summed E-state index contributed by atoms with van der Waals surface area (Å²) in [4.78, 5) is 14.6. The van der Waals surface area contributed by atoms with Gasteiger partial charge in [0.25, 0.3) is 0 Å². The maximum absolute atomic E-state index is 12.5. The van der Waals surface area contributed by atoms with Gasteiger partial charge in [0.2, 0.25) is 5.91 Å². The molecule has 0 radical (unpaired) electrons. The van der Waals surface area contributed by atoms with Gasteiger partial charge in [-0.1, -0.05) is 39.3 Å². The van der Waals surface area contributed by atoms with Crippen molar-refractivity contribution < 1.29 is 4.79 Å². The number of aromatic nitrogens is 3. The number of nitrogens with zero attached hydrogens (tertiary/aromatic N) is 4. The first-order valence-electron chi connectivity index (χ1n) is 9.11. The van der Waals surface area contributed by atoms with Crippen molar-refractivity contribution in [2.45, 2.75) is 71.3 Å². The second kappa shape index (κ2) is 6.25. The van der Waals surface area contributed by atoms with Gasteiger partial charge in [-0.2, -0.15) is 0 Å². The minimum Gasteiger partial charge on any atom is -0.342 e. The molecular weight excluding hydrogens is 288 g/mol. The second-order valence-corrected chi connectivity index (χ2v) is 8.28. The van der Waals surface area contributed by atoms with Crippen molar-refractivity contribution in [1.82, 2.24) is 19.9 Å². The number of hydrogen-bond acceptors (Lipinski definition) is 3. The molecule has 1 saturated heterocycles. The molecule has 1 saturated carbocycles. The molecule has 0 aromatic carbocycles. The van der Waals surface area contributed by atoms with Crippen LogP contribution in [0.15, 0.2) is 6.20 Å². The Morgan fingerprint density at radius 1 is 1.30 bits per heavy atom. The van der Waals surface area contributed by atoms with Crippen LogP contribution in [-0.2, 0) is 10.2 Å². The van der Waals surface area contributed by atoms with E-state index < -0.39 is 0 Å². The van der Waals surface area contributed by atoms with Crippen molar-refractivity contribution in [3.63, 3.8) is 0 Å². The Bertz CT molecular complexity index is 552. The Balaban J connectivity index is 1.53. The van der Waals surface area contributed by atoms with Crippen molar-refractivity contribution in [2.75, 3.05) is 13.1 Å². The molecule has 128 valence electrons. The smallest absolute Gasteiger partial charge is 0.225 e. The van der Waals surface area contributed by atoms with E-state index in [1.165, 1.54) is 12.8 Å². The second-order valence-electron chi connectivity index (χ2n) is 8.28. The quantitative estimate of drug-likeness (QED) is 0.857. The molecule has 2 heterocycles. The SMILES string of the molecule is CCC[C@@H]1C[C@@H]1C(=O)N1CCC(n2cc(C(C)(C)C)nn2)CC1. The maximum Gasteiger partial charge on any atom is 0.225 e. The van der Waals surface area contributed by atoms with E-state index in [0.717, 1.165) is 38.0 Å². The van der Waals surface area contributed by atoms with Crippen LogP contribution in [0.4, 0.5) is 0 Å². The van der Waals surface area contributed by atoms with Crippen LogP contribution in [0, 0.1) is 11.8 Å². The lowest BCUT2D eigenvalue weighted by molar-refractivity contribution is -0.134. The fourth-order valence-electron chi connectivity index (χ4n) is 3.62. The molecule has 1 aromatic rings. The van der Waals surface area contributed by atoms with Gasteiger partial charge in [0.1, 0.15) is 0 Å². The minimum atomic E-state index is 0.0369. The van der Waals surface area contributed by atoms with Gasteiger partial charge in [-0.05, 0) is 31.6 Å². The summed E-state index contributed by atoms with van der Waals surface area (Å²) in [6.45, 7) is 10.4. The first-order chi connectivity index (χ1) is 10.9. The molecule has 2 atom stereocenters. The maximum atomic E-state index is 12.5. The molecule has 5 nitrogen and oxygen atoms in total. The van der Waals surface area contributed by atoms with E-state index >= 15 is 0 Å². The summed E-state index contributed by atoms with van der Waals surface area (Å²) >= 11 is 0. The van der Waals surface area contributed by atoms with Crippen LogP contribution in [0.2, 0.25) is 0 Å². The highest BCUT2D eigenvalue weighted by atomic mass is 16.2. The van der Waals surface area contributed by atoms with Crippen LogP contribution in [0.3, 0.4) is 0 Å². The van der Waals surface area contributed by atoms with E-state index in [4.69, 9.17) is 0 Å². The van der Waals surface area contributed by atoms with Crippen LogP contribution in [0.25, 0.3) is 0 Å². The van der Waals surface area contributed by atoms with Gasteiger partial charge < -0.3 is 4.90 Å². The van der Waals surface area contributed by atoms with Gasteiger partial charge in [-0.25, -0.2) is 4.68 Å². The molecule has 0 unspecified atom stereocenters. The summed E-state index contributed by atoms with van der Waals surface area (Å²) in [6, 6.07) is 0.383. The molecule has 1 amide bonds. The third-order valence-corrected chi connectivity index (χ3v) is 5.33. The zero-order valence-corrected chi connectivity index (χ0v) is 15.0. The molecule has 0 spiro atoms. The van der Waals surface area contributed by atoms with Crippen LogP contribution < -0.4 is 0 Å². The lowest BCUT2D eigenvalue weighted by Crippen LogP contribution is -2.40. The third-order valence-electron chi connectivity index (χ3n) is 5.33. The summed E-state index contributed by atoms with van der Waals surface area (Å²) in [7, 11) is 0. The fourth-order valence-corrected chi connectivity index (χ4v) is 3.62. The number of carbonyl (C=O) groups is 1. The van der Waals surface area contributed by atoms with Crippen molar-refractivity contribution in [3.8, 4) is 0 Å². The highest BCUT2D eigenvalue weighted by Crippen LogP contribution is 2.43. The number of rotatable bonds is 4.